The molecule has 2 aromatic rings. The number of carbonyl (C=O) groups is 1. The Morgan fingerprint density at radius 2 is 2.27 bits per heavy atom. The van der Waals surface area contributed by atoms with Crippen molar-refractivity contribution >= 4 is 28.5 Å². The van der Waals surface area contributed by atoms with E-state index in [0.717, 1.165) is 6.07 Å². The first-order valence-electron chi connectivity index (χ1n) is 4.15. The van der Waals surface area contributed by atoms with Crippen molar-refractivity contribution in [3.05, 3.63) is 34.8 Å². The van der Waals surface area contributed by atoms with Gasteiger partial charge in [0.15, 0.2) is 5.58 Å². The first-order valence-corrected chi connectivity index (χ1v) is 4.52. The highest BCUT2D eigenvalue weighted by molar-refractivity contribution is 6.34. The van der Waals surface area contributed by atoms with E-state index in [9.17, 15) is 9.18 Å². The van der Waals surface area contributed by atoms with E-state index in [1.807, 2.05) is 0 Å². The van der Waals surface area contributed by atoms with Crippen LogP contribution < -0.4 is 0 Å². The van der Waals surface area contributed by atoms with Crippen molar-refractivity contribution in [3.63, 3.8) is 0 Å². The molecule has 0 radical (unpaired) electrons. The topological polar surface area (TPSA) is 50.4 Å². The molecular formula is C10H6ClFO3. The van der Waals surface area contributed by atoms with Crippen LogP contribution in [0.3, 0.4) is 0 Å². The van der Waals surface area contributed by atoms with E-state index in [1.165, 1.54) is 12.3 Å². The number of carboxylic acid groups (broad SMARTS) is 1. The molecule has 0 bridgehead atoms. The van der Waals surface area contributed by atoms with Crippen LogP contribution in [-0.2, 0) is 11.2 Å². The predicted octanol–water partition coefficient (Wildman–Crippen LogP) is 2.85. The van der Waals surface area contributed by atoms with Crippen molar-refractivity contribution in [3.8, 4) is 0 Å². The van der Waals surface area contributed by atoms with Gasteiger partial charge in [-0.2, -0.15) is 0 Å². The van der Waals surface area contributed by atoms with E-state index in [-0.39, 0.29) is 11.4 Å². The first kappa shape index (κ1) is 9.98. The Hall–Kier alpha value is -1.55. The second-order valence-corrected chi connectivity index (χ2v) is 3.50. The zero-order chi connectivity index (χ0) is 11.0. The van der Waals surface area contributed by atoms with E-state index in [4.69, 9.17) is 21.1 Å². The summed E-state index contributed by atoms with van der Waals surface area (Å²) in [6.07, 6.45) is 1.07. The highest BCUT2D eigenvalue weighted by atomic mass is 35.5. The van der Waals surface area contributed by atoms with Gasteiger partial charge in [0.05, 0.1) is 17.7 Å². The van der Waals surface area contributed by atoms with Crippen LogP contribution in [0, 0.1) is 5.82 Å². The first-order chi connectivity index (χ1) is 7.08. The zero-order valence-corrected chi connectivity index (χ0v) is 8.21. The van der Waals surface area contributed by atoms with Crippen molar-refractivity contribution in [1.29, 1.82) is 0 Å². The monoisotopic (exact) mass is 228 g/mol. The molecule has 0 aliphatic rings. The lowest BCUT2D eigenvalue weighted by molar-refractivity contribution is -0.136. The number of halogens is 2. The Morgan fingerprint density at radius 1 is 1.53 bits per heavy atom. The van der Waals surface area contributed by atoms with Gasteiger partial charge >= 0.3 is 5.97 Å². The maximum atomic E-state index is 13.0. The second kappa shape index (κ2) is 3.55. The number of carboxylic acids is 1. The molecule has 2 rings (SSSR count). The average molecular weight is 229 g/mol. The third-order valence-electron chi connectivity index (χ3n) is 2.02. The summed E-state index contributed by atoms with van der Waals surface area (Å²) in [6, 6.07) is 2.33. The molecule has 1 heterocycles. The lowest BCUT2D eigenvalue weighted by Crippen LogP contribution is -1.98. The summed E-state index contributed by atoms with van der Waals surface area (Å²) in [5, 5.41) is 9.16. The van der Waals surface area contributed by atoms with Crippen LogP contribution in [0.5, 0.6) is 0 Å². The Morgan fingerprint density at radius 3 is 2.93 bits per heavy atom. The summed E-state index contributed by atoms with van der Waals surface area (Å²) < 4.78 is 18.1. The average Bonchev–Trinajstić information content (AvgIpc) is 2.48. The normalized spacial score (nSPS) is 10.8. The predicted molar refractivity (Wildman–Crippen MR) is 52.5 cm³/mol. The van der Waals surface area contributed by atoms with Crippen molar-refractivity contribution in [2.24, 2.45) is 0 Å². The summed E-state index contributed by atoms with van der Waals surface area (Å²) in [6.45, 7) is 0. The number of furan rings is 1. The molecule has 0 spiro atoms. The third kappa shape index (κ3) is 1.80. The van der Waals surface area contributed by atoms with Gasteiger partial charge in [0.1, 0.15) is 5.82 Å². The number of rotatable bonds is 2. The quantitative estimate of drug-likeness (QED) is 0.860. The van der Waals surface area contributed by atoms with Gasteiger partial charge in [0.2, 0.25) is 0 Å². The maximum Gasteiger partial charge on any atom is 0.307 e. The SMILES string of the molecule is O=C(O)Cc1coc2c(Cl)cc(F)cc12. The van der Waals surface area contributed by atoms with Crippen molar-refractivity contribution < 1.29 is 18.7 Å². The highest BCUT2D eigenvalue weighted by Gasteiger charge is 2.13. The van der Waals surface area contributed by atoms with Gasteiger partial charge in [-0.1, -0.05) is 11.6 Å². The molecule has 0 saturated heterocycles. The highest BCUT2D eigenvalue weighted by Crippen LogP contribution is 2.29. The van der Waals surface area contributed by atoms with Crippen LogP contribution in [-0.4, -0.2) is 11.1 Å². The van der Waals surface area contributed by atoms with Crippen molar-refractivity contribution in [1.82, 2.24) is 0 Å². The fourth-order valence-electron chi connectivity index (χ4n) is 1.41. The Labute approximate surface area is 89.1 Å². The van der Waals surface area contributed by atoms with Gasteiger partial charge < -0.3 is 9.52 Å². The summed E-state index contributed by atoms with van der Waals surface area (Å²) in [5.74, 6) is -1.52. The number of hydrogen-bond donors (Lipinski definition) is 1. The van der Waals surface area contributed by atoms with Crippen LogP contribution in [0.15, 0.2) is 22.8 Å². The van der Waals surface area contributed by atoms with E-state index >= 15 is 0 Å². The summed E-state index contributed by atoms with van der Waals surface area (Å²) in [5.41, 5.74) is 0.730. The number of hydrogen-bond acceptors (Lipinski definition) is 2. The molecule has 0 aliphatic heterocycles. The Bertz CT molecular complexity index is 533. The molecule has 78 valence electrons. The van der Waals surface area contributed by atoms with Crippen LogP contribution in [0.4, 0.5) is 4.39 Å². The van der Waals surface area contributed by atoms with Gasteiger partial charge in [0, 0.05) is 10.9 Å². The minimum Gasteiger partial charge on any atom is -0.481 e. The molecule has 0 unspecified atom stereocenters. The molecule has 1 aromatic carbocycles. The van der Waals surface area contributed by atoms with Crippen LogP contribution >= 0.6 is 11.6 Å². The summed E-state index contributed by atoms with van der Waals surface area (Å²) in [4.78, 5) is 10.5. The second-order valence-electron chi connectivity index (χ2n) is 3.10. The van der Waals surface area contributed by atoms with Crippen molar-refractivity contribution in [2.75, 3.05) is 0 Å². The molecular weight excluding hydrogens is 223 g/mol. The molecule has 0 fully saturated rings. The zero-order valence-electron chi connectivity index (χ0n) is 7.46. The molecule has 3 nitrogen and oxygen atoms in total. The van der Waals surface area contributed by atoms with E-state index in [1.54, 1.807) is 0 Å². The maximum absolute atomic E-state index is 13.0. The lowest BCUT2D eigenvalue weighted by atomic mass is 10.1. The largest absolute Gasteiger partial charge is 0.481 e. The molecule has 1 aromatic heterocycles. The van der Waals surface area contributed by atoms with E-state index < -0.39 is 11.8 Å². The fraction of sp³-hybridized carbons (Fsp3) is 0.100. The molecule has 0 atom stereocenters. The third-order valence-corrected chi connectivity index (χ3v) is 2.30. The number of fused-ring (bicyclic) bond motifs is 1. The molecule has 1 N–H and O–H groups in total. The molecule has 0 saturated carbocycles. The Balaban J connectivity index is 2.63. The van der Waals surface area contributed by atoms with Gasteiger partial charge in [-0.3, -0.25) is 4.79 Å². The summed E-state index contributed by atoms with van der Waals surface area (Å²) in [7, 11) is 0. The smallest absolute Gasteiger partial charge is 0.307 e. The minimum atomic E-state index is -1.00. The van der Waals surface area contributed by atoms with Gasteiger partial charge in [-0.15, -0.1) is 0 Å². The molecule has 0 aliphatic carbocycles. The summed E-state index contributed by atoms with van der Waals surface area (Å²) >= 11 is 5.73. The lowest BCUT2D eigenvalue weighted by Gasteiger charge is -1.95. The van der Waals surface area contributed by atoms with Gasteiger partial charge in [-0.25, -0.2) is 4.39 Å². The van der Waals surface area contributed by atoms with Crippen molar-refractivity contribution in [2.45, 2.75) is 6.42 Å². The van der Waals surface area contributed by atoms with Gasteiger partial charge in [0.25, 0.3) is 0 Å². The molecule has 0 amide bonds. The van der Waals surface area contributed by atoms with Crippen LogP contribution in [0.2, 0.25) is 5.02 Å². The van der Waals surface area contributed by atoms with Crippen LogP contribution in [0.1, 0.15) is 5.56 Å². The number of benzene rings is 1. The Kier molecular flexibility index (Phi) is 2.36. The van der Waals surface area contributed by atoms with Gasteiger partial charge in [-0.05, 0) is 12.1 Å². The standard InChI is InChI=1S/C10H6ClFO3/c11-8-3-6(12)2-7-5(1-9(13)14)4-15-10(7)8/h2-4H,1H2,(H,13,14). The molecule has 15 heavy (non-hydrogen) atoms. The minimum absolute atomic E-state index is 0.140. The number of aliphatic carboxylic acids is 1. The molecule has 5 heteroatoms. The fourth-order valence-corrected chi connectivity index (χ4v) is 1.66. The van der Waals surface area contributed by atoms with E-state index in [2.05, 4.69) is 0 Å². The van der Waals surface area contributed by atoms with Crippen LogP contribution in [0.25, 0.3) is 11.0 Å². The van der Waals surface area contributed by atoms with E-state index in [0.29, 0.717) is 16.5 Å².